The molecule has 0 aromatic rings. The number of carbonyl (C=O) groups excluding carboxylic acids is 2. The van der Waals surface area contributed by atoms with Crippen molar-refractivity contribution in [1.82, 2.24) is 0 Å². The molecule has 6 nitrogen and oxygen atoms in total. The number of unbranched alkanes of at least 4 members (excludes halogenated alkanes) is 24. The number of hydrogen-bond donors (Lipinski definition) is 2. The summed E-state index contributed by atoms with van der Waals surface area (Å²) in [4.78, 5) is 26.7. The Morgan fingerprint density at radius 1 is 0.404 bits per heavy atom. The number of aliphatic hydroxyl groups excluding tert-OH is 2. The van der Waals surface area contributed by atoms with Gasteiger partial charge < -0.3 is 0 Å². The van der Waals surface area contributed by atoms with Crippen molar-refractivity contribution in [3.05, 3.63) is 0 Å². The van der Waals surface area contributed by atoms with Crippen LogP contribution < -0.4 is 0 Å². The van der Waals surface area contributed by atoms with Gasteiger partial charge in [-0.05, 0) is 0 Å². The van der Waals surface area contributed by atoms with Gasteiger partial charge in [-0.2, -0.15) is 0 Å². The van der Waals surface area contributed by atoms with Crippen LogP contribution >= 0.6 is 0 Å². The Morgan fingerprint density at radius 2 is 0.638 bits per heavy atom. The van der Waals surface area contributed by atoms with E-state index in [2.05, 4.69) is 27.7 Å². The van der Waals surface area contributed by atoms with Gasteiger partial charge in [0.1, 0.15) is 0 Å². The Hall–Kier alpha value is -0.341. The second-order valence-electron chi connectivity index (χ2n) is 14.3. The maximum atomic E-state index is 13.4. The Labute approximate surface area is 297 Å². The van der Waals surface area contributed by atoms with E-state index < -0.39 is 43.4 Å². The first-order valence-electron chi connectivity index (χ1n) is 20.7. The van der Waals surface area contributed by atoms with E-state index in [0.29, 0.717) is 21.7 Å². The second-order valence-corrected chi connectivity index (χ2v) is 23.6. The first kappa shape index (κ1) is 46.7. The van der Waals surface area contributed by atoms with Gasteiger partial charge in [0.2, 0.25) is 0 Å². The van der Waals surface area contributed by atoms with E-state index in [4.69, 9.17) is 6.15 Å². The van der Waals surface area contributed by atoms with Gasteiger partial charge in [0.15, 0.2) is 0 Å². The summed E-state index contributed by atoms with van der Waals surface area (Å²) in [5, 5.41) is 21.7. The van der Waals surface area contributed by atoms with Gasteiger partial charge in [0.25, 0.3) is 0 Å². The van der Waals surface area contributed by atoms with Crippen LogP contribution in [0, 0.1) is 0 Å². The fraction of sp³-hybridized carbons (Fsp3) is 0.950. The van der Waals surface area contributed by atoms with Crippen molar-refractivity contribution < 1.29 is 26.0 Å². The van der Waals surface area contributed by atoms with Gasteiger partial charge in [-0.15, -0.1) is 0 Å². The molecule has 0 heterocycles. The number of aliphatic hydroxyl groups is 2. The Kier molecular flexibility index (Phi) is 33.9. The predicted molar refractivity (Wildman–Crippen MR) is 201 cm³/mol. The van der Waals surface area contributed by atoms with Crippen molar-refractivity contribution in [1.29, 1.82) is 0 Å². The van der Waals surface area contributed by atoms with Crippen LogP contribution in [0.1, 0.15) is 220 Å². The molecule has 280 valence electrons. The molecule has 0 saturated heterocycles. The van der Waals surface area contributed by atoms with Crippen LogP contribution in [0.4, 0.5) is 0 Å². The van der Waals surface area contributed by atoms with E-state index in [0.717, 1.165) is 77.0 Å². The molecule has 0 bridgehead atoms. The van der Waals surface area contributed by atoms with Gasteiger partial charge in [0.05, 0.1) is 0 Å². The molecule has 0 amide bonds. The predicted octanol–water partition coefficient (Wildman–Crippen LogP) is 12.0. The molecule has 2 N–H and O–H groups in total. The fourth-order valence-corrected chi connectivity index (χ4v) is 15.7. The van der Waals surface area contributed by atoms with Gasteiger partial charge in [-0.25, -0.2) is 0 Å². The summed E-state index contributed by atoms with van der Waals surface area (Å²) >= 11 is -4.33. The van der Waals surface area contributed by atoms with Crippen molar-refractivity contribution in [3.63, 3.8) is 0 Å². The zero-order chi connectivity index (χ0) is 34.9. The van der Waals surface area contributed by atoms with E-state index in [1.165, 1.54) is 103 Å². The normalized spacial score (nSPS) is 13.1. The first-order valence-corrected chi connectivity index (χ1v) is 27.0. The quantitative estimate of drug-likeness (QED) is 0.0486. The van der Waals surface area contributed by atoms with E-state index in [1.54, 1.807) is 0 Å². The zero-order valence-electron chi connectivity index (χ0n) is 31.8. The summed E-state index contributed by atoms with van der Waals surface area (Å²) in [6, 6.07) is 0. The third-order valence-electron chi connectivity index (χ3n) is 9.60. The molecule has 0 aliphatic heterocycles. The van der Waals surface area contributed by atoms with Gasteiger partial charge in [0, 0.05) is 0 Å². The van der Waals surface area contributed by atoms with Crippen LogP contribution in [0.2, 0.25) is 8.87 Å². The Bertz CT molecular complexity index is 644. The van der Waals surface area contributed by atoms with E-state index >= 15 is 0 Å². The van der Waals surface area contributed by atoms with Crippen LogP contribution in [0.25, 0.3) is 0 Å². The summed E-state index contributed by atoms with van der Waals surface area (Å²) in [5.74, 6) is -1.21. The molecule has 0 aromatic heterocycles. The molecule has 7 heteroatoms. The number of hydrogen-bond acceptors (Lipinski definition) is 6. The minimum atomic E-state index is -4.33. The maximum absolute atomic E-state index is 13.4. The molecule has 47 heavy (non-hydrogen) atoms. The van der Waals surface area contributed by atoms with Crippen LogP contribution in [0.3, 0.4) is 0 Å². The topological polar surface area (TPSA) is 93.1 Å². The first-order chi connectivity index (χ1) is 22.9. The molecule has 2 atom stereocenters. The molecule has 2 unspecified atom stereocenters. The molecular formula is C40H80O6Sn. The van der Waals surface area contributed by atoms with Gasteiger partial charge in [-0.3, -0.25) is 0 Å². The second kappa shape index (κ2) is 34.1. The molecule has 0 spiro atoms. The van der Waals surface area contributed by atoms with Gasteiger partial charge >= 0.3 is 285 Å². The van der Waals surface area contributed by atoms with Crippen molar-refractivity contribution in [3.8, 4) is 0 Å². The van der Waals surface area contributed by atoms with Crippen molar-refractivity contribution in [2.45, 2.75) is 241 Å². The Balaban J connectivity index is 5.36. The van der Waals surface area contributed by atoms with Gasteiger partial charge in [-0.1, -0.05) is 13.8 Å². The molecular weight excluding hydrogens is 695 g/mol. The van der Waals surface area contributed by atoms with E-state index in [9.17, 15) is 19.8 Å². The van der Waals surface area contributed by atoms with Crippen LogP contribution in [0.5, 0.6) is 0 Å². The average molecular weight is 776 g/mol. The molecule has 0 radical (unpaired) electrons. The minimum absolute atomic E-state index is 0.388. The molecule has 0 aromatic carbocycles. The summed E-state index contributed by atoms with van der Waals surface area (Å²) in [7, 11) is 0. The van der Waals surface area contributed by atoms with Crippen molar-refractivity contribution >= 4 is 31.1 Å². The SMILES string of the molecule is CCCCCCCCCCC(O)C(=O)[O][Sn]([CH2]CCCCCCC)([CH2]CCCCCCC)[O]C(=O)C(O)CCCCCCCCCC. The molecule has 0 aliphatic carbocycles. The fourth-order valence-electron chi connectivity index (χ4n) is 6.38. The zero-order valence-corrected chi connectivity index (χ0v) is 34.7. The standard InChI is InChI=1S/2C12H24O3.2C8H17.Sn/c2*1-2-3-4-5-6-7-8-9-10-11(13)12(14)15;2*1-3-5-7-8-6-4-2;/h2*11,13H,2-10H2,1H3,(H,14,15);2*1,3-8H2,2H3;/q;;;;+2/p-2. The molecule has 0 aliphatic rings. The van der Waals surface area contributed by atoms with Crippen molar-refractivity contribution in [2.24, 2.45) is 0 Å². The van der Waals surface area contributed by atoms with Crippen molar-refractivity contribution in [2.75, 3.05) is 0 Å². The summed E-state index contributed by atoms with van der Waals surface area (Å²) in [6.45, 7) is 8.86. The third kappa shape index (κ3) is 28.1. The average Bonchev–Trinajstić information content (AvgIpc) is 3.06. The molecule has 0 rings (SSSR count). The van der Waals surface area contributed by atoms with Crippen LogP contribution in [0.15, 0.2) is 0 Å². The number of carbonyl (C=O) groups is 2. The van der Waals surface area contributed by atoms with E-state index in [-0.39, 0.29) is 0 Å². The summed E-state index contributed by atoms with van der Waals surface area (Å²) < 4.78 is 13.7. The number of rotatable bonds is 36. The van der Waals surface area contributed by atoms with Crippen LogP contribution in [-0.2, 0) is 15.7 Å². The smallest absolute Gasteiger partial charge is 0.0654 e. The molecule has 0 fully saturated rings. The minimum Gasteiger partial charge on any atom is -0.0654 e. The summed E-state index contributed by atoms with van der Waals surface area (Å²) in [5.41, 5.74) is 0. The monoisotopic (exact) mass is 776 g/mol. The summed E-state index contributed by atoms with van der Waals surface area (Å²) in [6.07, 6.45) is 30.0. The van der Waals surface area contributed by atoms with E-state index in [1.807, 2.05) is 0 Å². The third-order valence-corrected chi connectivity index (χ3v) is 19.2. The Morgan fingerprint density at radius 3 is 0.915 bits per heavy atom. The molecule has 0 saturated carbocycles. The van der Waals surface area contributed by atoms with Crippen LogP contribution in [-0.4, -0.2) is 53.6 Å².